The fourth-order valence-electron chi connectivity index (χ4n) is 0.963. The van der Waals surface area contributed by atoms with Gasteiger partial charge in [-0.15, -0.1) is 0 Å². The van der Waals surface area contributed by atoms with E-state index in [-0.39, 0.29) is 5.91 Å². The van der Waals surface area contributed by atoms with E-state index in [0.717, 1.165) is 13.0 Å². The lowest BCUT2D eigenvalue weighted by molar-refractivity contribution is -0.117. The monoisotopic (exact) mass is 230 g/mol. The second kappa shape index (κ2) is 4.30. The third-order valence-electron chi connectivity index (χ3n) is 1.64. The molecule has 0 radical (unpaired) electrons. The van der Waals surface area contributed by atoms with Crippen LogP contribution in [-0.2, 0) is 4.79 Å². The summed E-state index contributed by atoms with van der Waals surface area (Å²) in [6, 6.07) is 0. The Morgan fingerprint density at radius 2 is 2.50 bits per heavy atom. The summed E-state index contributed by atoms with van der Waals surface area (Å²) in [6.45, 7) is 0.838. The number of hydrogen-bond donors (Lipinski definition) is 1. The first-order chi connectivity index (χ1) is 5.68. The van der Waals surface area contributed by atoms with E-state index in [1.54, 1.807) is 0 Å². The maximum absolute atomic E-state index is 10.5. The Hall–Kier alpha value is -0.770. The van der Waals surface area contributed by atoms with Crippen LogP contribution in [0, 0.1) is 0 Å². The maximum atomic E-state index is 10.5. The van der Waals surface area contributed by atoms with E-state index < -0.39 is 0 Å². The van der Waals surface area contributed by atoms with Gasteiger partial charge in [0.2, 0.25) is 5.91 Å². The Morgan fingerprint density at radius 3 is 3.00 bits per heavy atom. The molecule has 2 N–H and O–H groups in total. The Bertz CT molecular complexity index is 235. The number of carbonyl (C=O) groups excluding carboxylic acids is 1. The predicted octanol–water partition coefficient (Wildman–Crippen LogP) is 1.32. The number of rotatable bonds is 3. The van der Waals surface area contributed by atoms with Crippen molar-refractivity contribution >= 4 is 22.1 Å². The van der Waals surface area contributed by atoms with Crippen LogP contribution in [0.4, 0.5) is 0 Å². The Labute approximate surface area is 80.2 Å². The van der Waals surface area contributed by atoms with Gasteiger partial charge in [-0.05, 0) is 18.1 Å². The molecule has 0 atom stereocenters. The average Bonchev–Trinajstić information content (AvgIpc) is 2.03. The number of carbonyl (C=O) groups is 1. The molecule has 0 unspecified atom stereocenters. The van der Waals surface area contributed by atoms with E-state index in [1.807, 2.05) is 16.2 Å². The highest BCUT2D eigenvalue weighted by molar-refractivity contribution is 9.07. The van der Waals surface area contributed by atoms with Crippen LogP contribution >= 0.6 is 16.1 Å². The van der Waals surface area contributed by atoms with Gasteiger partial charge in [0.05, 0.1) is 0 Å². The molecule has 1 rings (SSSR count). The third-order valence-corrected chi connectivity index (χ3v) is 2.16. The van der Waals surface area contributed by atoms with Gasteiger partial charge in [-0.1, -0.05) is 6.08 Å². The minimum Gasteiger partial charge on any atom is -0.370 e. The van der Waals surface area contributed by atoms with Gasteiger partial charge in [0.25, 0.3) is 0 Å². The number of primary amides is 1. The molecule has 1 heterocycles. The quantitative estimate of drug-likeness (QED) is 0.744. The number of hydrogen-bond acceptors (Lipinski definition) is 2. The minimum atomic E-state index is -0.245. The molecular weight excluding hydrogens is 220 g/mol. The minimum absolute atomic E-state index is 0.245. The van der Waals surface area contributed by atoms with E-state index in [0.29, 0.717) is 6.42 Å². The number of halogens is 1. The molecule has 0 fully saturated rings. The van der Waals surface area contributed by atoms with Crippen molar-refractivity contribution in [1.29, 1.82) is 0 Å². The molecule has 0 saturated carbocycles. The molecule has 0 aliphatic carbocycles. The lowest BCUT2D eigenvalue weighted by Gasteiger charge is -2.14. The van der Waals surface area contributed by atoms with Crippen LogP contribution in [0.1, 0.15) is 12.8 Å². The largest absolute Gasteiger partial charge is 0.370 e. The van der Waals surface area contributed by atoms with Crippen LogP contribution in [0.5, 0.6) is 0 Å². The Balaban J connectivity index is 2.35. The van der Waals surface area contributed by atoms with E-state index in [9.17, 15) is 4.79 Å². The molecule has 0 bridgehead atoms. The Kier molecular flexibility index (Phi) is 3.34. The number of allylic oxidation sites excluding steroid dienone is 2. The summed E-state index contributed by atoms with van der Waals surface area (Å²) in [7, 11) is 0. The van der Waals surface area contributed by atoms with Gasteiger partial charge in [-0.3, -0.25) is 4.79 Å². The van der Waals surface area contributed by atoms with Gasteiger partial charge in [0.15, 0.2) is 0 Å². The van der Waals surface area contributed by atoms with Crippen molar-refractivity contribution in [2.45, 2.75) is 12.8 Å². The standard InChI is InChI=1S/C8H11BrN2O/c9-11-5-3-7(4-6-11)1-2-8(10)12/h3-5H,1-2,6H2,(H2,10,12). The zero-order valence-electron chi connectivity index (χ0n) is 6.66. The molecule has 0 saturated heterocycles. The highest BCUT2D eigenvalue weighted by atomic mass is 79.9. The van der Waals surface area contributed by atoms with Crippen LogP contribution in [0.3, 0.4) is 0 Å². The molecule has 0 aromatic rings. The third kappa shape index (κ3) is 3.09. The molecule has 1 aliphatic heterocycles. The molecule has 4 heteroatoms. The lowest BCUT2D eigenvalue weighted by Crippen LogP contribution is -2.11. The molecule has 0 aromatic carbocycles. The molecule has 1 aliphatic rings. The van der Waals surface area contributed by atoms with E-state index in [4.69, 9.17) is 5.73 Å². The summed E-state index contributed by atoms with van der Waals surface area (Å²) in [4.78, 5) is 10.5. The Morgan fingerprint density at radius 1 is 1.75 bits per heavy atom. The molecule has 0 spiro atoms. The van der Waals surface area contributed by atoms with Gasteiger partial charge >= 0.3 is 0 Å². The maximum Gasteiger partial charge on any atom is 0.217 e. The van der Waals surface area contributed by atoms with Crippen molar-refractivity contribution in [2.24, 2.45) is 5.73 Å². The van der Waals surface area contributed by atoms with Gasteiger partial charge in [-0.2, -0.15) is 0 Å². The van der Waals surface area contributed by atoms with Crippen molar-refractivity contribution in [3.63, 3.8) is 0 Å². The van der Waals surface area contributed by atoms with Crippen LogP contribution in [0.2, 0.25) is 0 Å². The van der Waals surface area contributed by atoms with Crippen LogP contribution in [-0.4, -0.2) is 16.4 Å². The average molecular weight is 231 g/mol. The van der Waals surface area contributed by atoms with E-state index >= 15 is 0 Å². The lowest BCUT2D eigenvalue weighted by atomic mass is 10.1. The summed E-state index contributed by atoms with van der Waals surface area (Å²) < 4.78 is 1.89. The smallest absolute Gasteiger partial charge is 0.217 e. The zero-order valence-corrected chi connectivity index (χ0v) is 8.25. The fraction of sp³-hybridized carbons (Fsp3) is 0.375. The summed E-state index contributed by atoms with van der Waals surface area (Å²) in [5.41, 5.74) is 6.20. The highest BCUT2D eigenvalue weighted by Gasteiger charge is 2.02. The van der Waals surface area contributed by atoms with Gasteiger partial charge < -0.3 is 9.66 Å². The summed E-state index contributed by atoms with van der Waals surface area (Å²) in [5.74, 6) is -0.245. The van der Waals surface area contributed by atoms with E-state index in [2.05, 4.69) is 22.2 Å². The van der Waals surface area contributed by atoms with Gasteiger partial charge in [0.1, 0.15) is 0 Å². The second-order valence-electron chi connectivity index (χ2n) is 2.64. The molecule has 3 nitrogen and oxygen atoms in total. The molecule has 0 aromatic heterocycles. The SMILES string of the molecule is NC(=O)CCC1=CCN(Br)C=C1. The molecule has 66 valence electrons. The van der Waals surface area contributed by atoms with Crippen molar-refractivity contribution < 1.29 is 4.79 Å². The zero-order chi connectivity index (χ0) is 8.97. The summed E-state index contributed by atoms with van der Waals surface area (Å²) in [5, 5.41) is 0. The topological polar surface area (TPSA) is 46.3 Å². The second-order valence-corrected chi connectivity index (χ2v) is 3.55. The first kappa shape index (κ1) is 9.32. The van der Waals surface area contributed by atoms with Gasteiger partial charge in [-0.25, -0.2) is 0 Å². The van der Waals surface area contributed by atoms with E-state index in [1.165, 1.54) is 5.57 Å². The number of nitrogens with two attached hydrogens (primary N) is 1. The van der Waals surface area contributed by atoms with Crippen molar-refractivity contribution in [3.8, 4) is 0 Å². The van der Waals surface area contributed by atoms with Crippen LogP contribution < -0.4 is 5.73 Å². The molecule has 1 amide bonds. The fourth-order valence-corrected chi connectivity index (χ4v) is 1.23. The normalized spacial score (nSPS) is 16.1. The number of nitrogens with zero attached hydrogens (tertiary/aromatic N) is 1. The summed E-state index contributed by atoms with van der Waals surface area (Å²) in [6.07, 6.45) is 7.14. The molecular formula is C8H11BrN2O. The van der Waals surface area contributed by atoms with Crippen molar-refractivity contribution in [2.75, 3.05) is 6.54 Å². The number of amides is 1. The first-order valence-electron chi connectivity index (χ1n) is 3.76. The predicted molar refractivity (Wildman–Crippen MR) is 51.3 cm³/mol. The van der Waals surface area contributed by atoms with Crippen molar-refractivity contribution in [1.82, 2.24) is 3.93 Å². The molecule has 12 heavy (non-hydrogen) atoms. The van der Waals surface area contributed by atoms with Crippen LogP contribution in [0.15, 0.2) is 23.9 Å². The summed E-state index contributed by atoms with van der Waals surface area (Å²) >= 11 is 3.31. The first-order valence-corrected chi connectivity index (χ1v) is 4.47. The highest BCUT2D eigenvalue weighted by Crippen LogP contribution is 2.14. The van der Waals surface area contributed by atoms with Crippen molar-refractivity contribution in [3.05, 3.63) is 23.9 Å². The van der Waals surface area contributed by atoms with Gasteiger partial charge in [0, 0.05) is 35.3 Å². The van der Waals surface area contributed by atoms with Crippen LogP contribution in [0.25, 0.3) is 0 Å².